The zero-order valence-electron chi connectivity index (χ0n) is 14.3. The Labute approximate surface area is 143 Å². The van der Waals surface area contributed by atoms with Crippen LogP contribution in [0.3, 0.4) is 0 Å². The highest BCUT2D eigenvalue weighted by molar-refractivity contribution is 5.78. The Morgan fingerprint density at radius 2 is 1.92 bits per heavy atom. The molecule has 2 aliphatic heterocycles. The summed E-state index contributed by atoms with van der Waals surface area (Å²) in [6.07, 6.45) is 4.28. The number of carbonyl (C=O) groups excluding carboxylic acids is 1. The summed E-state index contributed by atoms with van der Waals surface area (Å²) in [6.45, 7) is 0.423. The van der Waals surface area contributed by atoms with Gasteiger partial charge in [0.05, 0.1) is 19.8 Å². The quantitative estimate of drug-likeness (QED) is 0.610. The Kier molecular flexibility index (Phi) is 5.87. The second-order valence-electron chi connectivity index (χ2n) is 6.84. The summed E-state index contributed by atoms with van der Waals surface area (Å²) in [6, 6.07) is 10.7. The third-order valence-electron chi connectivity index (χ3n) is 5.34. The predicted molar refractivity (Wildman–Crippen MR) is 90.8 cm³/mol. The van der Waals surface area contributed by atoms with Crippen molar-refractivity contribution in [2.24, 2.45) is 0 Å². The van der Waals surface area contributed by atoms with E-state index in [4.69, 9.17) is 14.6 Å². The highest BCUT2D eigenvalue weighted by Gasteiger charge is 2.40. The van der Waals surface area contributed by atoms with E-state index in [1.165, 1.54) is 12.8 Å². The van der Waals surface area contributed by atoms with E-state index in [2.05, 4.69) is 11.9 Å². The molecule has 24 heavy (non-hydrogen) atoms. The molecule has 2 aliphatic rings. The van der Waals surface area contributed by atoms with Crippen molar-refractivity contribution in [2.45, 2.75) is 49.8 Å². The van der Waals surface area contributed by atoms with Crippen LogP contribution in [-0.2, 0) is 14.3 Å². The van der Waals surface area contributed by atoms with Crippen LogP contribution in [0.5, 0.6) is 0 Å². The van der Waals surface area contributed by atoms with E-state index in [9.17, 15) is 4.79 Å². The van der Waals surface area contributed by atoms with Crippen LogP contribution < -0.4 is 0 Å². The predicted octanol–water partition coefficient (Wildman–Crippen LogP) is 1.95. The molecule has 2 saturated heterocycles. The van der Waals surface area contributed by atoms with Crippen LogP contribution in [0.1, 0.15) is 37.2 Å². The van der Waals surface area contributed by atoms with Gasteiger partial charge in [0.15, 0.2) is 0 Å². The van der Waals surface area contributed by atoms with Crippen LogP contribution in [0.4, 0.5) is 0 Å². The standard InChI is InChI=1S/C19H27NO4/c1-20-15-7-8-16(20)12-17(11-15)24-19(22)18(13-23-10-9-21)14-5-3-2-4-6-14/h2-6,15-18,21H,7-13H2,1H3/t15-,16+,17?,18?. The largest absolute Gasteiger partial charge is 0.462 e. The van der Waals surface area contributed by atoms with Gasteiger partial charge in [-0.1, -0.05) is 30.3 Å². The average molecular weight is 333 g/mol. The van der Waals surface area contributed by atoms with Crippen molar-refractivity contribution in [1.82, 2.24) is 4.90 Å². The molecule has 5 heteroatoms. The number of piperidine rings is 1. The number of aliphatic hydroxyl groups excluding tert-OH is 1. The molecule has 0 amide bonds. The fraction of sp³-hybridized carbons (Fsp3) is 0.632. The Morgan fingerprint density at radius 1 is 1.25 bits per heavy atom. The van der Waals surface area contributed by atoms with Crippen LogP contribution in [0.15, 0.2) is 30.3 Å². The van der Waals surface area contributed by atoms with Crippen LogP contribution in [0, 0.1) is 0 Å². The molecule has 2 bridgehead atoms. The van der Waals surface area contributed by atoms with Gasteiger partial charge in [-0.15, -0.1) is 0 Å². The van der Waals surface area contributed by atoms with Gasteiger partial charge in [-0.05, 0) is 38.3 Å². The van der Waals surface area contributed by atoms with Gasteiger partial charge >= 0.3 is 5.97 Å². The first-order chi connectivity index (χ1) is 11.7. The lowest BCUT2D eigenvalue weighted by molar-refractivity contribution is -0.156. The zero-order chi connectivity index (χ0) is 16.9. The van der Waals surface area contributed by atoms with Crippen molar-refractivity contribution < 1.29 is 19.4 Å². The molecule has 2 heterocycles. The number of ether oxygens (including phenoxy) is 2. The number of benzene rings is 1. The molecule has 1 aromatic carbocycles. The zero-order valence-corrected chi connectivity index (χ0v) is 14.3. The summed E-state index contributed by atoms with van der Waals surface area (Å²) in [5.74, 6) is -0.650. The van der Waals surface area contributed by atoms with Gasteiger partial charge in [-0.2, -0.15) is 0 Å². The third-order valence-corrected chi connectivity index (χ3v) is 5.34. The van der Waals surface area contributed by atoms with Crippen molar-refractivity contribution >= 4 is 5.97 Å². The summed E-state index contributed by atoms with van der Waals surface area (Å²) < 4.78 is 11.3. The van der Waals surface area contributed by atoms with E-state index < -0.39 is 5.92 Å². The molecule has 0 aromatic heterocycles. The smallest absolute Gasteiger partial charge is 0.316 e. The average Bonchev–Trinajstić information content (AvgIpc) is 2.81. The van der Waals surface area contributed by atoms with Gasteiger partial charge in [-0.25, -0.2) is 0 Å². The Bertz CT molecular complexity index is 521. The number of esters is 1. The number of hydrogen-bond donors (Lipinski definition) is 1. The van der Waals surface area contributed by atoms with Crippen LogP contribution in [0.25, 0.3) is 0 Å². The van der Waals surface area contributed by atoms with Gasteiger partial charge in [-0.3, -0.25) is 4.79 Å². The van der Waals surface area contributed by atoms with Gasteiger partial charge in [0, 0.05) is 12.1 Å². The maximum absolute atomic E-state index is 12.7. The molecular formula is C19H27NO4. The van der Waals surface area contributed by atoms with E-state index in [-0.39, 0.29) is 31.9 Å². The molecule has 1 aromatic rings. The lowest BCUT2D eigenvalue weighted by Crippen LogP contribution is -2.44. The Morgan fingerprint density at radius 3 is 2.54 bits per heavy atom. The number of carbonyl (C=O) groups is 1. The highest BCUT2D eigenvalue weighted by atomic mass is 16.5. The van der Waals surface area contributed by atoms with E-state index in [0.29, 0.717) is 12.1 Å². The summed E-state index contributed by atoms with van der Waals surface area (Å²) in [7, 11) is 2.18. The Hall–Kier alpha value is -1.43. The fourth-order valence-electron chi connectivity index (χ4n) is 3.96. The molecule has 3 rings (SSSR count). The van der Waals surface area contributed by atoms with Crippen LogP contribution in [-0.4, -0.2) is 61.0 Å². The first kappa shape index (κ1) is 17.4. The minimum absolute atomic E-state index is 0.00949. The van der Waals surface area contributed by atoms with Crippen LogP contribution >= 0.6 is 0 Å². The van der Waals surface area contributed by atoms with E-state index in [0.717, 1.165) is 18.4 Å². The molecule has 2 fully saturated rings. The number of nitrogens with zero attached hydrogens (tertiary/aromatic N) is 1. The molecule has 0 saturated carbocycles. The fourth-order valence-corrected chi connectivity index (χ4v) is 3.96. The monoisotopic (exact) mass is 333 g/mol. The highest BCUT2D eigenvalue weighted by Crippen LogP contribution is 2.36. The van der Waals surface area contributed by atoms with E-state index >= 15 is 0 Å². The number of fused-ring (bicyclic) bond motifs is 2. The minimum atomic E-state index is -0.435. The third kappa shape index (κ3) is 3.97. The molecule has 1 N–H and O–H groups in total. The molecule has 2 unspecified atom stereocenters. The first-order valence-electron chi connectivity index (χ1n) is 8.85. The summed E-state index contributed by atoms with van der Waals surface area (Å²) >= 11 is 0. The first-order valence-corrected chi connectivity index (χ1v) is 8.85. The molecule has 0 spiro atoms. The van der Waals surface area contributed by atoms with Crippen molar-refractivity contribution in [1.29, 1.82) is 0 Å². The van der Waals surface area contributed by atoms with Gasteiger partial charge in [0.2, 0.25) is 0 Å². The van der Waals surface area contributed by atoms with E-state index in [1.54, 1.807) is 0 Å². The molecule has 0 radical (unpaired) electrons. The topological polar surface area (TPSA) is 59.0 Å². The summed E-state index contributed by atoms with van der Waals surface area (Å²) in [5.41, 5.74) is 0.899. The van der Waals surface area contributed by atoms with Gasteiger partial charge in [0.25, 0.3) is 0 Å². The lowest BCUT2D eigenvalue weighted by atomic mass is 9.98. The maximum Gasteiger partial charge on any atom is 0.316 e. The minimum Gasteiger partial charge on any atom is -0.462 e. The lowest BCUT2D eigenvalue weighted by Gasteiger charge is -2.36. The number of aliphatic hydroxyl groups is 1. The molecular weight excluding hydrogens is 306 g/mol. The molecule has 132 valence electrons. The Balaban J connectivity index is 1.63. The SMILES string of the molecule is CN1[C@@H]2CC[C@H]1CC(OC(=O)C(COCCO)c1ccccc1)C2. The number of hydrogen-bond acceptors (Lipinski definition) is 5. The second kappa shape index (κ2) is 8.10. The number of rotatable bonds is 7. The summed E-state index contributed by atoms with van der Waals surface area (Å²) in [5, 5.41) is 8.89. The van der Waals surface area contributed by atoms with Gasteiger partial charge in [0.1, 0.15) is 12.0 Å². The van der Waals surface area contributed by atoms with Gasteiger partial charge < -0.3 is 19.5 Å². The maximum atomic E-state index is 12.7. The summed E-state index contributed by atoms with van der Waals surface area (Å²) in [4.78, 5) is 15.2. The molecule has 0 aliphatic carbocycles. The normalized spacial score (nSPS) is 27.8. The van der Waals surface area contributed by atoms with Crippen molar-refractivity contribution in [2.75, 3.05) is 26.9 Å². The molecule has 4 atom stereocenters. The second-order valence-corrected chi connectivity index (χ2v) is 6.84. The van der Waals surface area contributed by atoms with Crippen molar-refractivity contribution in [3.8, 4) is 0 Å². The van der Waals surface area contributed by atoms with E-state index in [1.807, 2.05) is 30.3 Å². The van der Waals surface area contributed by atoms with Crippen molar-refractivity contribution in [3.05, 3.63) is 35.9 Å². The van der Waals surface area contributed by atoms with Crippen molar-refractivity contribution in [3.63, 3.8) is 0 Å². The van der Waals surface area contributed by atoms with Crippen LogP contribution in [0.2, 0.25) is 0 Å². The molecule has 5 nitrogen and oxygen atoms in total.